The van der Waals surface area contributed by atoms with Gasteiger partial charge in [-0.1, -0.05) is 36.4 Å². The molecular weight excluding hydrogens is 725 g/mol. The van der Waals surface area contributed by atoms with E-state index >= 15 is 0 Å². The number of hydrogen-bond donors (Lipinski definition) is 8. The maximum Gasteiger partial charge on any atom is 0.394 e. The predicted molar refractivity (Wildman–Crippen MR) is 184 cm³/mol. The van der Waals surface area contributed by atoms with E-state index in [1.54, 1.807) is 12.1 Å². The van der Waals surface area contributed by atoms with E-state index in [2.05, 4.69) is 36.0 Å². The first kappa shape index (κ1) is 37.0. The van der Waals surface area contributed by atoms with Gasteiger partial charge in [-0.05, 0) is 76.1 Å². The summed E-state index contributed by atoms with van der Waals surface area (Å²) in [5, 5.41) is 41.3. The maximum atomic E-state index is 10.4. The van der Waals surface area contributed by atoms with Gasteiger partial charge >= 0.3 is 20.8 Å². The summed E-state index contributed by atoms with van der Waals surface area (Å²) in [4.78, 5) is 4.87. The Morgan fingerprint density at radius 1 is 0.635 bits per heavy atom. The van der Waals surface area contributed by atoms with E-state index < -0.39 is 33.0 Å². The van der Waals surface area contributed by atoms with Crippen molar-refractivity contribution in [1.82, 2.24) is 9.80 Å². The molecule has 8 N–H and O–H groups in total. The lowest BCUT2D eigenvalue weighted by atomic mass is 9.53. The van der Waals surface area contributed by atoms with Gasteiger partial charge in [0.2, 0.25) is 0 Å². The number of hydrogen-bond acceptors (Lipinski definition) is 12. The van der Waals surface area contributed by atoms with E-state index in [9.17, 15) is 20.4 Å². The van der Waals surface area contributed by atoms with Crippen LogP contribution in [0, 0.1) is 11.8 Å². The highest BCUT2D eigenvalue weighted by atomic mass is 32.3. The molecule has 2 spiro atoms. The number of phenolic OH excluding ortho intramolecular Hbond substituents is 2. The first-order valence-corrected chi connectivity index (χ1v) is 19.6. The monoisotopic (exact) mass is 766 g/mol. The Morgan fingerprint density at radius 2 is 0.981 bits per heavy atom. The smallest absolute Gasteiger partial charge is 0.394 e. The summed E-state index contributed by atoms with van der Waals surface area (Å²) in [6.45, 7) is 2.02. The van der Waals surface area contributed by atoms with Gasteiger partial charge in [-0.2, -0.15) is 16.8 Å². The van der Waals surface area contributed by atoms with Crippen molar-refractivity contribution in [3.8, 4) is 23.0 Å². The molecule has 0 unspecified atom stereocenters. The molecule has 10 atom stereocenters. The second kappa shape index (κ2) is 12.6. The molecule has 52 heavy (non-hydrogen) atoms. The number of phenols is 2. The third-order valence-corrected chi connectivity index (χ3v) is 12.3. The molecular formula is C34H42N2O14S2. The molecule has 4 aliphatic carbocycles. The SMILES string of the molecule is CN1CC[C@]23c4c5ccc(O)c4O[C@H]2[C@@H](O)C=C[C@H]3[C@H]1C5.CN1CC[C@]23c4c5ccc(O)c4O[C@H]2[C@@H](O)C=C[C@H]3[C@H]1C5.O=S(=O)(O)O.O=S(=O)(O)O. The average molecular weight is 767 g/mol. The molecule has 4 aliphatic heterocycles. The molecule has 2 aromatic rings. The minimum absolute atomic E-state index is 0.160. The molecule has 0 radical (unpaired) electrons. The number of piperidine rings is 2. The number of aliphatic hydroxyl groups is 2. The molecule has 10 rings (SSSR count). The Kier molecular flexibility index (Phi) is 9.01. The molecule has 2 saturated heterocycles. The van der Waals surface area contributed by atoms with Crippen LogP contribution < -0.4 is 9.47 Å². The van der Waals surface area contributed by atoms with Gasteiger partial charge in [-0.25, -0.2) is 0 Å². The summed E-state index contributed by atoms with van der Waals surface area (Å²) in [7, 11) is -4.96. The third kappa shape index (κ3) is 5.89. The van der Waals surface area contributed by atoms with Crippen molar-refractivity contribution in [2.45, 2.75) is 73.0 Å². The summed E-state index contributed by atoms with van der Waals surface area (Å²) in [6.07, 6.45) is 10.4. The third-order valence-electron chi connectivity index (χ3n) is 12.3. The van der Waals surface area contributed by atoms with E-state index in [0.717, 1.165) is 38.8 Å². The Labute approximate surface area is 300 Å². The van der Waals surface area contributed by atoms with Crippen LogP contribution in [0.4, 0.5) is 0 Å². The summed E-state index contributed by atoms with van der Waals surface area (Å²) in [6, 6.07) is 8.45. The van der Waals surface area contributed by atoms with Gasteiger partial charge in [0, 0.05) is 45.9 Å². The molecule has 2 fully saturated rings. The molecule has 0 saturated carbocycles. The largest absolute Gasteiger partial charge is 0.504 e. The molecule has 0 aromatic heterocycles. The number of aliphatic hydroxyl groups excluding tert-OH is 2. The highest BCUT2D eigenvalue weighted by molar-refractivity contribution is 7.80. The zero-order valence-electron chi connectivity index (χ0n) is 28.2. The fourth-order valence-corrected chi connectivity index (χ4v) is 10.5. The Balaban J connectivity index is 0.000000129. The lowest BCUT2D eigenvalue weighted by Gasteiger charge is -2.56. The van der Waals surface area contributed by atoms with E-state index in [-0.39, 0.29) is 34.5 Å². The van der Waals surface area contributed by atoms with Crippen molar-refractivity contribution in [3.63, 3.8) is 0 Å². The summed E-state index contributed by atoms with van der Waals surface area (Å²) >= 11 is 0. The number of likely N-dealkylation sites (N-methyl/N-ethyl adjacent to an activating group) is 2. The predicted octanol–water partition coefficient (Wildman–Crippen LogP) is 1.09. The van der Waals surface area contributed by atoms with Gasteiger partial charge in [-0.3, -0.25) is 18.2 Å². The van der Waals surface area contributed by atoms with Crippen molar-refractivity contribution in [1.29, 1.82) is 0 Å². The van der Waals surface area contributed by atoms with Gasteiger partial charge in [0.25, 0.3) is 0 Å². The topological polar surface area (TPSA) is 255 Å². The normalized spacial score (nSPS) is 36.6. The van der Waals surface area contributed by atoms with Crippen LogP contribution in [0.5, 0.6) is 23.0 Å². The molecule has 0 amide bonds. The molecule has 284 valence electrons. The molecule has 4 heterocycles. The molecule has 4 bridgehead atoms. The number of aromatic hydroxyl groups is 2. The first-order chi connectivity index (χ1) is 24.3. The zero-order chi connectivity index (χ0) is 37.7. The van der Waals surface area contributed by atoms with Crippen molar-refractivity contribution in [3.05, 3.63) is 70.8 Å². The average Bonchev–Trinajstić information content (AvgIpc) is 3.59. The lowest BCUT2D eigenvalue weighted by molar-refractivity contribution is -0.0453. The summed E-state index contributed by atoms with van der Waals surface area (Å²) < 4.78 is 75.3. The fourth-order valence-electron chi connectivity index (χ4n) is 10.5. The number of likely N-dealkylation sites (tertiary alicyclic amines) is 2. The van der Waals surface area contributed by atoms with E-state index in [0.29, 0.717) is 35.4 Å². The highest BCUT2D eigenvalue weighted by Gasteiger charge is 2.65. The molecule has 8 aliphatic rings. The van der Waals surface area contributed by atoms with Crippen LogP contribution in [0.15, 0.2) is 48.6 Å². The van der Waals surface area contributed by atoms with Crippen molar-refractivity contribution in [2.75, 3.05) is 27.2 Å². The Bertz CT molecular complexity index is 1900. The standard InChI is InChI=1S/2C17H19NO3.2H2O4S/c2*1-18-7-6-17-10-3-5-13(20)16(17)21-15-12(19)4-2-9(14(15)17)8-11(10)18;2*1-5(2,3)4/h2*2-5,10-11,13,16,19-20H,6-8H2,1H3;2*(H2,1,2,3,4)/t2*10-,11+,13-,16-,17-;;/m00../s1. The van der Waals surface area contributed by atoms with E-state index in [1.165, 1.54) is 22.3 Å². The minimum atomic E-state index is -4.67. The number of nitrogens with zero attached hydrogens (tertiary/aromatic N) is 2. The van der Waals surface area contributed by atoms with Crippen LogP contribution in [-0.2, 0) is 44.5 Å². The second-order valence-electron chi connectivity index (χ2n) is 14.8. The molecule has 2 aromatic carbocycles. The zero-order valence-corrected chi connectivity index (χ0v) is 29.9. The number of rotatable bonds is 0. The van der Waals surface area contributed by atoms with Crippen LogP contribution in [0.2, 0.25) is 0 Å². The van der Waals surface area contributed by atoms with Crippen molar-refractivity contribution in [2.24, 2.45) is 11.8 Å². The lowest BCUT2D eigenvalue weighted by Crippen LogP contribution is -2.64. The number of ether oxygens (including phenoxy) is 2. The number of benzene rings is 2. The van der Waals surface area contributed by atoms with Crippen LogP contribution in [-0.4, -0.2) is 129 Å². The van der Waals surface area contributed by atoms with Crippen molar-refractivity contribution >= 4 is 20.8 Å². The minimum Gasteiger partial charge on any atom is -0.504 e. The van der Waals surface area contributed by atoms with Gasteiger partial charge < -0.3 is 39.7 Å². The molecule has 16 nitrogen and oxygen atoms in total. The van der Waals surface area contributed by atoms with Crippen LogP contribution in [0.3, 0.4) is 0 Å². The Morgan fingerprint density at radius 3 is 1.33 bits per heavy atom. The summed E-state index contributed by atoms with van der Waals surface area (Å²) in [5.74, 6) is 2.38. The van der Waals surface area contributed by atoms with Gasteiger partial charge in [-0.15, -0.1) is 0 Å². The van der Waals surface area contributed by atoms with Crippen LogP contribution >= 0.6 is 0 Å². The molecule has 18 heteroatoms. The van der Waals surface area contributed by atoms with Gasteiger partial charge in [0.15, 0.2) is 23.0 Å². The van der Waals surface area contributed by atoms with Crippen LogP contribution in [0.1, 0.15) is 35.1 Å². The van der Waals surface area contributed by atoms with Gasteiger partial charge in [0.1, 0.15) is 24.4 Å². The Hall–Kier alpha value is -3.30. The highest BCUT2D eigenvalue weighted by Crippen LogP contribution is 2.63. The van der Waals surface area contributed by atoms with E-state index in [4.69, 9.17) is 44.5 Å². The first-order valence-electron chi connectivity index (χ1n) is 16.8. The van der Waals surface area contributed by atoms with E-state index in [1.807, 2.05) is 24.3 Å². The summed E-state index contributed by atoms with van der Waals surface area (Å²) in [5.41, 5.74) is 4.58. The fraction of sp³-hybridized carbons (Fsp3) is 0.529. The van der Waals surface area contributed by atoms with Gasteiger partial charge in [0.05, 0.1) is 0 Å². The second-order valence-corrected chi connectivity index (χ2v) is 16.5. The van der Waals surface area contributed by atoms with Crippen molar-refractivity contribution < 1.29 is 64.9 Å². The maximum absolute atomic E-state index is 10.4. The van der Waals surface area contributed by atoms with Crippen LogP contribution in [0.25, 0.3) is 0 Å². The quantitative estimate of drug-likeness (QED) is 0.138.